The standard InChI is InChI=1S/C25H28FN3O4/c1-33-24(32)19-4-2-3-18(9-19)23(31)28-12-21-10-22(30)13-29(21)25(16-28)14-27(15-25)11-17-5-7-20(26)8-6-17/h2-9,21-22,30H,10-16H2,1H3. The van der Waals surface area contributed by atoms with E-state index in [1.54, 1.807) is 36.4 Å². The summed E-state index contributed by atoms with van der Waals surface area (Å²) in [7, 11) is 1.32. The monoisotopic (exact) mass is 453 g/mol. The zero-order valence-corrected chi connectivity index (χ0v) is 18.6. The van der Waals surface area contributed by atoms with Gasteiger partial charge in [0.1, 0.15) is 5.82 Å². The number of piperazine rings is 1. The van der Waals surface area contributed by atoms with Crippen LogP contribution in [0.1, 0.15) is 32.7 Å². The van der Waals surface area contributed by atoms with E-state index in [-0.39, 0.29) is 23.3 Å². The molecule has 1 spiro atoms. The van der Waals surface area contributed by atoms with Gasteiger partial charge in [-0.25, -0.2) is 9.18 Å². The molecule has 0 aromatic heterocycles. The van der Waals surface area contributed by atoms with Crippen LogP contribution >= 0.6 is 0 Å². The van der Waals surface area contributed by atoms with Crippen LogP contribution in [0.2, 0.25) is 0 Å². The van der Waals surface area contributed by atoms with Crippen molar-refractivity contribution >= 4 is 11.9 Å². The van der Waals surface area contributed by atoms with Gasteiger partial charge in [0.15, 0.2) is 0 Å². The van der Waals surface area contributed by atoms with Crippen molar-refractivity contribution in [3.05, 3.63) is 71.0 Å². The molecule has 2 unspecified atom stereocenters. The van der Waals surface area contributed by atoms with Gasteiger partial charge >= 0.3 is 5.97 Å². The first-order valence-electron chi connectivity index (χ1n) is 11.3. The second-order valence-electron chi connectivity index (χ2n) is 9.45. The van der Waals surface area contributed by atoms with Gasteiger partial charge in [0.25, 0.3) is 5.91 Å². The van der Waals surface area contributed by atoms with Crippen LogP contribution in [0.15, 0.2) is 48.5 Å². The number of carbonyl (C=O) groups is 2. The molecule has 3 aliphatic heterocycles. The third-order valence-electron chi connectivity index (χ3n) is 7.09. The molecular weight excluding hydrogens is 425 g/mol. The highest BCUT2D eigenvalue weighted by molar-refractivity contribution is 5.98. The highest BCUT2D eigenvalue weighted by atomic mass is 19.1. The summed E-state index contributed by atoms with van der Waals surface area (Å²) in [5, 5.41) is 10.4. The van der Waals surface area contributed by atoms with E-state index in [0.29, 0.717) is 37.2 Å². The molecule has 33 heavy (non-hydrogen) atoms. The number of benzene rings is 2. The van der Waals surface area contributed by atoms with Crippen LogP contribution in [-0.4, -0.2) is 89.2 Å². The maximum absolute atomic E-state index is 13.4. The summed E-state index contributed by atoms with van der Waals surface area (Å²) in [6.45, 7) is 4.02. The van der Waals surface area contributed by atoms with E-state index in [0.717, 1.165) is 25.2 Å². The second-order valence-corrected chi connectivity index (χ2v) is 9.45. The summed E-state index contributed by atoms with van der Waals surface area (Å²) in [5.41, 5.74) is 1.65. The molecule has 5 rings (SSSR count). The summed E-state index contributed by atoms with van der Waals surface area (Å²) >= 11 is 0. The molecule has 3 aliphatic rings. The van der Waals surface area contributed by atoms with E-state index in [1.807, 2.05) is 4.90 Å². The number of amides is 1. The fraction of sp³-hybridized carbons (Fsp3) is 0.440. The van der Waals surface area contributed by atoms with Crippen LogP contribution in [0, 0.1) is 5.82 Å². The third kappa shape index (κ3) is 4.14. The topological polar surface area (TPSA) is 73.3 Å². The molecule has 3 heterocycles. The minimum absolute atomic E-state index is 0.106. The lowest BCUT2D eigenvalue weighted by Crippen LogP contribution is -2.78. The van der Waals surface area contributed by atoms with Gasteiger partial charge in [0.2, 0.25) is 0 Å². The van der Waals surface area contributed by atoms with Crippen LogP contribution in [-0.2, 0) is 11.3 Å². The number of methoxy groups -OCH3 is 1. The van der Waals surface area contributed by atoms with E-state index in [9.17, 15) is 19.1 Å². The first kappa shape index (κ1) is 22.0. The number of carbonyl (C=O) groups excluding carboxylic acids is 2. The predicted molar refractivity (Wildman–Crippen MR) is 119 cm³/mol. The molecule has 0 saturated carbocycles. The van der Waals surface area contributed by atoms with Crippen molar-refractivity contribution in [3.8, 4) is 0 Å². The van der Waals surface area contributed by atoms with Crippen LogP contribution in [0.5, 0.6) is 0 Å². The van der Waals surface area contributed by atoms with Gasteiger partial charge < -0.3 is 14.7 Å². The second kappa shape index (κ2) is 8.52. The van der Waals surface area contributed by atoms with Gasteiger partial charge in [-0.3, -0.25) is 14.6 Å². The van der Waals surface area contributed by atoms with Crippen molar-refractivity contribution in [1.82, 2.24) is 14.7 Å². The number of esters is 1. The van der Waals surface area contributed by atoms with E-state index in [1.165, 1.54) is 19.2 Å². The number of hydrogen-bond donors (Lipinski definition) is 1. The molecule has 3 fully saturated rings. The van der Waals surface area contributed by atoms with Gasteiger partial charge in [-0.05, 0) is 42.3 Å². The molecule has 3 saturated heterocycles. The smallest absolute Gasteiger partial charge is 0.337 e. The zero-order chi connectivity index (χ0) is 23.2. The Balaban J connectivity index is 1.33. The summed E-state index contributed by atoms with van der Waals surface area (Å²) in [6.07, 6.45) is 0.252. The van der Waals surface area contributed by atoms with Crippen molar-refractivity contribution in [1.29, 1.82) is 0 Å². The van der Waals surface area contributed by atoms with Crippen LogP contribution < -0.4 is 0 Å². The average Bonchev–Trinajstić information content (AvgIpc) is 3.19. The summed E-state index contributed by atoms with van der Waals surface area (Å²) < 4.78 is 18.0. The molecule has 1 N–H and O–H groups in total. The molecule has 0 bridgehead atoms. The highest BCUT2D eigenvalue weighted by Gasteiger charge is 2.56. The minimum atomic E-state index is -0.472. The molecule has 0 radical (unpaired) electrons. The minimum Gasteiger partial charge on any atom is -0.465 e. The maximum Gasteiger partial charge on any atom is 0.337 e. The summed E-state index contributed by atoms with van der Waals surface area (Å²) in [6, 6.07) is 13.3. The number of rotatable bonds is 4. The zero-order valence-electron chi connectivity index (χ0n) is 18.6. The van der Waals surface area contributed by atoms with Crippen molar-refractivity contribution < 1.29 is 23.8 Å². The molecule has 1 amide bonds. The lowest BCUT2D eigenvalue weighted by atomic mass is 9.83. The van der Waals surface area contributed by atoms with Gasteiger partial charge in [-0.15, -0.1) is 0 Å². The Hall–Kier alpha value is -2.81. The average molecular weight is 454 g/mol. The van der Waals surface area contributed by atoms with E-state index >= 15 is 0 Å². The normalized spacial score (nSPS) is 24.4. The number of nitrogens with zero attached hydrogens (tertiary/aromatic N) is 3. The summed E-state index contributed by atoms with van der Waals surface area (Å²) in [4.78, 5) is 31.9. The Morgan fingerprint density at radius 1 is 1.09 bits per heavy atom. The highest BCUT2D eigenvalue weighted by Crippen LogP contribution is 2.39. The molecule has 174 valence electrons. The number of hydrogen-bond acceptors (Lipinski definition) is 6. The lowest BCUT2D eigenvalue weighted by molar-refractivity contribution is -0.108. The molecule has 2 atom stereocenters. The first-order valence-corrected chi connectivity index (χ1v) is 11.3. The van der Waals surface area contributed by atoms with Crippen LogP contribution in [0.3, 0.4) is 0 Å². The third-order valence-corrected chi connectivity index (χ3v) is 7.09. The number of fused-ring (bicyclic) bond motifs is 2. The van der Waals surface area contributed by atoms with Gasteiger partial charge in [0.05, 0.1) is 24.3 Å². The van der Waals surface area contributed by atoms with Crippen molar-refractivity contribution in [3.63, 3.8) is 0 Å². The molecule has 2 aromatic carbocycles. The Morgan fingerprint density at radius 2 is 1.82 bits per heavy atom. The van der Waals surface area contributed by atoms with Crippen molar-refractivity contribution in [2.24, 2.45) is 0 Å². The fourth-order valence-corrected chi connectivity index (χ4v) is 5.67. The SMILES string of the molecule is COC(=O)c1cccc(C(=O)N2CC3CC(O)CN3C3(CN(Cc4ccc(F)cc4)C3)C2)c1. The van der Waals surface area contributed by atoms with Gasteiger partial charge in [-0.2, -0.15) is 0 Å². The fourth-order valence-electron chi connectivity index (χ4n) is 5.67. The Bertz CT molecular complexity index is 1050. The van der Waals surface area contributed by atoms with Crippen molar-refractivity contribution in [2.45, 2.75) is 30.7 Å². The quantitative estimate of drug-likeness (QED) is 0.712. The number of β-amino-alcohol motifs (C(OH)–C–C–N with tert-alkyl or cyclic N) is 1. The number of aliphatic hydroxyl groups is 1. The molecule has 7 nitrogen and oxygen atoms in total. The number of ether oxygens (including phenoxy) is 1. The Morgan fingerprint density at radius 3 is 2.55 bits per heavy atom. The van der Waals surface area contributed by atoms with Crippen LogP contribution in [0.25, 0.3) is 0 Å². The van der Waals surface area contributed by atoms with E-state index < -0.39 is 12.1 Å². The lowest BCUT2D eigenvalue weighted by Gasteiger charge is -2.61. The molecule has 2 aromatic rings. The van der Waals surface area contributed by atoms with Crippen LogP contribution in [0.4, 0.5) is 4.39 Å². The molecule has 0 aliphatic carbocycles. The number of aliphatic hydroxyl groups excluding tert-OH is 1. The van der Waals surface area contributed by atoms with Gasteiger partial charge in [0, 0.05) is 50.9 Å². The molecule has 8 heteroatoms. The van der Waals surface area contributed by atoms with E-state index in [2.05, 4.69) is 9.80 Å². The summed E-state index contributed by atoms with van der Waals surface area (Å²) in [5.74, 6) is -0.830. The van der Waals surface area contributed by atoms with Gasteiger partial charge in [-0.1, -0.05) is 18.2 Å². The Labute approximate surface area is 192 Å². The largest absolute Gasteiger partial charge is 0.465 e. The maximum atomic E-state index is 13.4. The Kier molecular flexibility index (Phi) is 5.68. The number of halogens is 1. The first-order chi connectivity index (χ1) is 15.9. The molecular formula is C25H28FN3O4. The number of likely N-dealkylation sites (tertiary alicyclic amines) is 1. The predicted octanol–water partition coefficient (Wildman–Crippen LogP) is 1.76. The van der Waals surface area contributed by atoms with E-state index in [4.69, 9.17) is 4.74 Å². The van der Waals surface area contributed by atoms with Crippen molar-refractivity contribution in [2.75, 3.05) is 39.8 Å².